The fraction of sp³-hybridized carbons (Fsp3) is 0.0909. The van der Waals surface area contributed by atoms with Crippen LogP contribution in [-0.2, 0) is 0 Å². The first kappa shape index (κ1) is 9.59. The van der Waals surface area contributed by atoms with Gasteiger partial charge in [0.05, 0.1) is 23.6 Å². The van der Waals surface area contributed by atoms with Crippen LogP contribution in [0.3, 0.4) is 0 Å². The Bertz CT molecular complexity index is 757. The number of hydrogen-bond acceptors (Lipinski definition) is 2. The van der Waals surface area contributed by atoms with Gasteiger partial charge in [0.15, 0.2) is 0 Å². The Morgan fingerprint density at radius 2 is 2.19 bits per heavy atom. The van der Waals surface area contributed by atoms with Crippen molar-refractivity contribution >= 4 is 32.5 Å². The van der Waals surface area contributed by atoms with E-state index in [0.717, 1.165) is 21.1 Å². The van der Waals surface area contributed by atoms with Crippen LogP contribution in [0.4, 0.5) is 0 Å². The van der Waals surface area contributed by atoms with Crippen molar-refractivity contribution in [2.24, 2.45) is 0 Å². The Hall–Kier alpha value is -1.62. The van der Waals surface area contributed by atoms with E-state index >= 15 is 0 Å². The molecule has 0 saturated carbocycles. The quantitative estimate of drug-likeness (QED) is 0.685. The maximum absolute atomic E-state index is 11.7. The van der Waals surface area contributed by atoms with Crippen molar-refractivity contribution in [1.29, 1.82) is 0 Å². The van der Waals surface area contributed by atoms with Crippen molar-refractivity contribution in [2.45, 2.75) is 6.92 Å². The summed E-state index contributed by atoms with van der Waals surface area (Å²) in [7, 11) is 0. The number of nitrogens with zero attached hydrogens (tertiary/aromatic N) is 2. The number of nitrogens with one attached hydrogen (secondary N) is 1. The molecule has 0 amide bonds. The van der Waals surface area contributed by atoms with Crippen molar-refractivity contribution in [2.75, 3.05) is 0 Å². The summed E-state index contributed by atoms with van der Waals surface area (Å²) < 4.78 is 2.78. The SMILES string of the molecule is Cc1cc2c(cc1Br)[nH]c(=O)c1cncn12. The third kappa shape index (κ3) is 1.21. The molecule has 16 heavy (non-hydrogen) atoms. The first-order valence-corrected chi connectivity index (χ1v) is 5.60. The monoisotopic (exact) mass is 277 g/mol. The number of aromatic nitrogens is 3. The topological polar surface area (TPSA) is 50.2 Å². The van der Waals surface area contributed by atoms with Gasteiger partial charge in [-0.15, -0.1) is 0 Å². The predicted molar refractivity (Wildman–Crippen MR) is 65.8 cm³/mol. The molecule has 0 bridgehead atoms. The first-order valence-electron chi connectivity index (χ1n) is 4.81. The highest BCUT2D eigenvalue weighted by Crippen LogP contribution is 2.22. The minimum atomic E-state index is -0.124. The number of rotatable bonds is 0. The van der Waals surface area contributed by atoms with Crippen molar-refractivity contribution in [3.05, 3.63) is 45.0 Å². The Morgan fingerprint density at radius 3 is 3.00 bits per heavy atom. The number of fused-ring (bicyclic) bond motifs is 3. The van der Waals surface area contributed by atoms with Crippen LogP contribution >= 0.6 is 15.9 Å². The van der Waals surface area contributed by atoms with Crippen molar-refractivity contribution in [1.82, 2.24) is 14.4 Å². The Balaban J connectivity index is 2.64. The van der Waals surface area contributed by atoms with E-state index in [1.54, 1.807) is 16.9 Å². The lowest BCUT2D eigenvalue weighted by Crippen LogP contribution is -2.09. The molecule has 1 aromatic carbocycles. The average molecular weight is 278 g/mol. The minimum absolute atomic E-state index is 0.124. The van der Waals surface area contributed by atoms with Crippen LogP contribution in [0.2, 0.25) is 0 Å². The number of aromatic amines is 1. The van der Waals surface area contributed by atoms with Gasteiger partial charge in [-0.1, -0.05) is 15.9 Å². The van der Waals surface area contributed by atoms with E-state index in [1.807, 2.05) is 19.1 Å². The number of imidazole rings is 1. The van der Waals surface area contributed by atoms with E-state index in [-0.39, 0.29) is 5.56 Å². The van der Waals surface area contributed by atoms with Crippen LogP contribution in [0.1, 0.15) is 5.56 Å². The molecular formula is C11H8BrN3O. The average Bonchev–Trinajstić information content (AvgIpc) is 2.71. The Kier molecular flexibility index (Phi) is 1.91. The summed E-state index contributed by atoms with van der Waals surface area (Å²) in [6.45, 7) is 2.01. The molecule has 3 rings (SSSR count). The molecule has 0 atom stereocenters. The molecule has 2 aromatic heterocycles. The summed E-state index contributed by atoms with van der Waals surface area (Å²) in [5.74, 6) is 0. The molecular weight excluding hydrogens is 270 g/mol. The molecule has 80 valence electrons. The molecule has 0 unspecified atom stereocenters. The number of hydrogen-bond donors (Lipinski definition) is 1. The molecule has 5 heteroatoms. The van der Waals surface area contributed by atoms with Gasteiger partial charge in [0.25, 0.3) is 5.56 Å². The molecule has 3 aromatic rings. The molecule has 0 aliphatic carbocycles. The maximum atomic E-state index is 11.7. The van der Waals surface area contributed by atoms with Crippen LogP contribution < -0.4 is 5.56 Å². The summed E-state index contributed by atoms with van der Waals surface area (Å²) in [6, 6.07) is 3.93. The second kappa shape index (κ2) is 3.18. The van der Waals surface area contributed by atoms with E-state index in [1.165, 1.54) is 0 Å². The Morgan fingerprint density at radius 1 is 1.38 bits per heavy atom. The van der Waals surface area contributed by atoms with Crippen LogP contribution in [0.15, 0.2) is 33.9 Å². The number of halogens is 1. The van der Waals surface area contributed by atoms with E-state index < -0.39 is 0 Å². The van der Waals surface area contributed by atoms with Crippen LogP contribution in [0.5, 0.6) is 0 Å². The van der Waals surface area contributed by atoms with E-state index in [0.29, 0.717) is 5.52 Å². The number of H-pyrrole nitrogens is 1. The zero-order valence-corrected chi connectivity index (χ0v) is 10.1. The fourth-order valence-corrected chi connectivity index (χ4v) is 2.15. The second-order valence-corrected chi connectivity index (χ2v) is 4.58. The molecule has 0 radical (unpaired) electrons. The molecule has 0 fully saturated rings. The third-order valence-corrected chi connectivity index (χ3v) is 3.51. The summed E-state index contributed by atoms with van der Waals surface area (Å²) in [5, 5.41) is 0. The van der Waals surface area contributed by atoms with E-state index in [4.69, 9.17) is 0 Å². The third-order valence-electron chi connectivity index (χ3n) is 2.66. The molecule has 2 heterocycles. The molecule has 1 N–H and O–H groups in total. The second-order valence-electron chi connectivity index (χ2n) is 3.72. The summed E-state index contributed by atoms with van der Waals surface area (Å²) in [6.07, 6.45) is 3.22. The van der Waals surface area contributed by atoms with Crippen molar-refractivity contribution < 1.29 is 0 Å². The standard InChI is InChI=1S/C11H8BrN3O/c1-6-2-9-8(3-7(6)12)14-11(16)10-4-13-5-15(9)10/h2-5H,1H3,(H,14,16). The summed E-state index contributed by atoms with van der Waals surface area (Å²) >= 11 is 3.45. The molecule has 0 aliphatic rings. The van der Waals surface area contributed by atoms with Gasteiger partial charge >= 0.3 is 0 Å². The normalized spacial score (nSPS) is 11.4. The number of aryl methyl sites for hydroxylation is 1. The highest BCUT2D eigenvalue weighted by molar-refractivity contribution is 9.10. The van der Waals surface area contributed by atoms with E-state index in [2.05, 4.69) is 25.9 Å². The van der Waals surface area contributed by atoms with Gasteiger partial charge in [-0.2, -0.15) is 0 Å². The predicted octanol–water partition coefficient (Wildman–Crippen LogP) is 2.25. The maximum Gasteiger partial charge on any atom is 0.274 e. The summed E-state index contributed by atoms with van der Waals surface area (Å²) in [4.78, 5) is 18.6. The Labute approximate surface area is 99.1 Å². The minimum Gasteiger partial charge on any atom is -0.319 e. The van der Waals surface area contributed by atoms with Crippen molar-refractivity contribution in [3.8, 4) is 0 Å². The van der Waals surface area contributed by atoms with E-state index in [9.17, 15) is 4.79 Å². The largest absolute Gasteiger partial charge is 0.319 e. The lowest BCUT2D eigenvalue weighted by Gasteiger charge is -2.04. The molecule has 0 aliphatic heterocycles. The van der Waals surface area contributed by atoms with Gasteiger partial charge in [-0.25, -0.2) is 4.98 Å². The highest BCUT2D eigenvalue weighted by atomic mass is 79.9. The lowest BCUT2D eigenvalue weighted by molar-refractivity contribution is 1.16. The van der Waals surface area contributed by atoms with Gasteiger partial charge in [0, 0.05) is 4.47 Å². The smallest absolute Gasteiger partial charge is 0.274 e. The van der Waals surface area contributed by atoms with Gasteiger partial charge in [-0.3, -0.25) is 9.20 Å². The zero-order chi connectivity index (χ0) is 11.3. The highest BCUT2D eigenvalue weighted by Gasteiger charge is 2.06. The molecule has 4 nitrogen and oxygen atoms in total. The zero-order valence-electron chi connectivity index (χ0n) is 8.49. The van der Waals surface area contributed by atoms with Crippen LogP contribution in [0.25, 0.3) is 16.6 Å². The molecule has 0 spiro atoms. The van der Waals surface area contributed by atoms with Crippen molar-refractivity contribution in [3.63, 3.8) is 0 Å². The van der Waals surface area contributed by atoms with Crippen LogP contribution in [0, 0.1) is 6.92 Å². The van der Waals surface area contributed by atoms with Gasteiger partial charge in [0.1, 0.15) is 5.52 Å². The fourth-order valence-electron chi connectivity index (χ4n) is 1.81. The van der Waals surface area contributed by atoms with Crippen LogP contribution in [-0.4, -0.2) is 14.4 Å². The first-order chi connectivity index (χ1) is 7.66. The number of benzene rings is 1. The lowest BCUT2D eigenvalue weighted by atomic mass is 10.2. The summed E-state index contributed by atoms with van der Waals surface area (Å²) in [5.41, 5.74) is 3.31. The molecule has 0 saturated heterocycles. The van der Waals surface area contributed by atoms with Gasteiger partial charge in [-0.05, 0) is 24.6 Å². The van der Waals surface area contributed by atoms with Gasteiger partial charge in [0.2, 0.25) is 0 Å². The van der Waals surface area contributed by atoms with Gasteiger partial charge < -0.3 is 4.98 Å².